The number of hydrogen-bond donors (Lipinski definition) is 1. The fourth-order valence-corrected chi connectivity index (χ4v) is 4.37. The molecule has 1 aliphatic carbocycles. The Bertz CT molecular complexity index is 278. The van der Waals surface area contributed by atoms with Gasteiger partial charge in [-0.2, -0.15) is 0 Å². The summed E-state index contributed by atoms with van der Waals surface area (Å²) in [4.78, 5) is 2.55. The van der Waals surface area contributed by atoms with Crippen molar-refractivity contribution >= 4 is 10.8 Å². The SMILES string of the molecule is CC(C)NCC1(CN2CCS(=O)CC2)CCCC1. The molecule has 1 aliphatic heterocycles. The molecule has 0 spiro atoms. The lowest BCUT2D eigenvalue weighted by atomic mass is 9.85. The maximum absolute atomic E-state index is 11.4. The van der Waals surface area contributed by atoms with Crippen LogP contribution < -0.4 is 5.32 Å². The van der Waals surface area contributed by atoms with Crippen LogP contribution in [0.25, 0.3) is 0 Å². The van der Waals surface area contributed by atoms with Crippen molar-refractivity contribution in [2.24, 2.45) is 5.41 Å². The molecule has 4 heteroatoms. The predicted octanol–water partition coefficient (Wildman–Crippen LogP) is 1.61. The molecule has 0 bridgehead atoms. The fraction of sp³-hybridized carbons (Fsp3) is 1.00. The van der Waals surface area contributed by atoms with Crippen molar-refractivity contribution in [1.29, 1.82) is 0 Å². The van der Waals surface area contributed by atoms with E-state index in [0.29, 0.717) is 11.5 Å². The van der Waals surface area contributed by atoms with Gasteiger partial charge in [0.1, 0.15) is 0 Å². The Balaban J connectivity index is 1.87. The highest BCUT2D eigenvalue weighted by Crippen LogP contribution is 2.38. The van der Waals surface area contributed by atoms with Crippen LogP contribution in [-0.4, -0.2) is 52.8 Å². The van der Waals surface area contributed by atoms with E-state index in [2.05, 4.69) is 24.1 Å². The van der Waals surface area contributed by atoms with E-state index in [1.165, 1.54) is 32.2 Å². The highest BCUT2D eigenvalue weighted by atomic mass is 32.2. The standard InChI is InChI=1S/C14H28N2OS/c1-13(2)15-11-14(5-3-4-6-14)12-16-7-9-18(17)10-8-16/h13,15H,3-12H2,1-2H3. The Morgan fingerprint density at radius 2 is 1.83 bits per heavy atom. The molecule has 2 rings (SSSR count). The summed E-state index contributed by atoms with van der Waals surface area (Å²) in [7, 11) is -0.546. The van der Waals surface area contributed by atoms with E-state index >= 15 is 0 Å². The van der Waals surface area contributed by atoms with E-state index < -0.39 is 10.8 Å². The molecule has 0 aromatic rings. The van der Waals surface area contributed by atoms with Crippen molar-refractivity contribution in [3.8, 4) is 0 Å². The van der Waals surface area contributed by atoms with Gasteiger partial charge in [0.05, 0.1) is 0 Å². The Labute approximate surface area is 114 Å². The molecule has 2 aliphatic rings. The van der Waals surface area contributed by atoms with Crippen molar-refractivity contribution in [3.63, 3.8) is 0 Å². The third-order valence-electron chi connectivity index (χ3n) is 4.38. The minimum Gasteiger partial charge on any atom is -0.314 e. The Morgan fingerprint density at radius 3 is 2.39 bits per heavy atom. The zero-order chi connectivity index (χ0) is 13.0. The van der Waals surface area contributed by atoms with Gasteiger partial charge >= 0.3 is 0 Å². The van der Waals surface area contributed by atoms with E-state index in [1.54, 1.807) is 0 Å². The Morgan fingerprint density at radius 1 is 1.22 bits per heavy atom. The number of nitrogens with one attached hydrogen (secondary N) is 1. The molecule has 0 unspecified atom stereocenters. The zero-order valence-electron chi connectivity index (χ0n) is 11.9. The van der Waals surface area contributed by atoms with Gasteiger partial charge in [-0.3, -0.25) is 4.21 Å². The monoisotopic (exact) mass is 272 g/mol. The average molecular weight is 272 g/mol. The molecule has 1 heterocycles. The summed E-state index contributed by atoms with van der Waals surface area (Å²) in [5.41, 5.74) is 0.489. The van der Waals surface area contributed by atoms with Gasteiger partial charge in [0.2, 0.25) is 0 Å². The van der Waals surface area contributed by atoms with Crippen LogP contribution in [0.15, 0.2) is 0 Å². The summed E-state index contributed by atoms with van der Waals surface area (Å²) in [6.45, 7) is 8.90. The maximum atomic E-state index is 11.4. The number of rotatable bonds is 5. The summed E-state index contributed by atoms with van der Waals surface area (Å²) < 4.78 is 11.4. The van der Waals surface area contributed by atoms with Crippen LogP contribution in [0.4, 0.5) is 0 Å². The van der Waals surface area contributed by atoms with E-state index in [0.717, 1.165) is 31.1 Å². The van der Waals surface area contributed by atoms with Gasteiger partial charge < -0.3 is 10.2 Å². The summed E-state index contributed by atoms with van der Waals surface area (Å²) in [5.74, 6) is 1.77. The summed E-state index contributed by atoms with van der Waals surface area (Å²) >= 11 is 0. The van der Waals surface area contributed by atoms with Gasteiger partial charge in [0, 0.05) is 54.5 Å². The first-order chi connectivity index (χ1) is 8.60. The minimum absolute atomic E-state index is 0.489. The molecule has 0 atom stereocenters. The molecule has 0 radical (unpaired) electrons. The van der Waals surface area contributed by atoms with Crippen molar-refractivity contribution in [3.05, 3.63) is 0 Å². The molecule has 0 aromatic carbocycles. The third-order valence-corrected chi connectivity index (χ3v) is 5.65. The molecule has 0 aromatic heterocycles. The highest BCUT2D eigenvalue weighted by Gasteiger charge is 2.36. The highest BCUT2D eigenvalue weighted by molar-refractivity contribution is 7.85. The second kappa shape index (κ2) is 6.49. The Hall–Kier alpha value is 0.0700. The number of nitrogens with zero attached hydrogens (tertiary/aromatic N) is 1. The van der Waals surface area contributed by atoms with Crippen LogP contribution in [0.2, 0.25) is 0 Å². The van der Waals surface area contributed by atoms with E-state index in [4.69, 9.17) is 0 Å². The largest absolute Gasteiger partial charge is 0.314 e. The lowest BCUT2D eigenvalue weighted by Crippen LogP contribution is -2.48. The quantitative estimate of drug-likeness (QED) is 0.825. The van der Waals surface area contributed by atoms with Crippen LogP contribution in [0.1, 0.15) is 39.5 Å². The van der Waals surface area contributed by atoms with Crippen LogP contribution in [-0.2, 0) is 10.8 Å². The van der Waals surface area contributed by atoms with Crippen LogP contribution in [0, 0.1) is 5.41 Å². The summed E-state index contributed by atoms with van der Waals surface area (Å²) in [6.07, 6.45) is 5.51. The van der Waals surface area contributed by atoms with Gasteiger partial charge in [0.25, 0.3) is 0 Å². The molecule has 18 heavy (non-hydrogen) atoms. The van der Waals surface area contributed by atoms with Crippen molar-refractivity contribution in [2.75, 3.05) is 37.7 Å². The van der Waals surface area contributed by atoms with Crippen LogP contribution >= 0.6 is 0 Å². The van der Waals surface area contributed by atoms with Gasteiger partial charge in [-0.15, -0.1) is 0 Å². The molecule has 1 saturated carbocycles. The minimum atomic E-state index is -0.546. The van der Waals surface area contributed by atoms with Gasteiger partial charge in [-0.25, -0.2) is 0 Å². The molecule has 3 nitrogen and oxygen atoms in total. The van der Waals surface area contributed by atoms with E-state index in [1.807, 2.05) is 0 Å². The number of hydrogen-bond acceptors (Lipinski definition) is 3. The maximum Gasteiger partial charge on any atom is 0.0363 e. The normalized spacial score (nSPS) is 25.9. The zero-order valence-corrected chi connectivity index (χ0v) is 12.7. The van der Waals surface area contributed by atoms with E-state index in [-0.39, 0.29) is 0 Å². The van der Waals surface area contributed by atoms with E-state index in [9.17, 15) is 4.21 Å². The van der Waals surface area contributed by atoms with Gasteiger partial charge in [0.15, 0.2) is 0 Å². The molecule has 106 valence electrons. The molecular weight excluding hydrogens is 244 g/mol. The molecule has 1 saturated heterocycles. The van der Waals surface area contributed by atoms with Crippen molar-refractivity contribution < 1.29 is 4.21 Å². The molecule has 1 N–H and O–H groups in total. The molecular formula is C14H28N2OS. The fourth-order valence-electron chi connectivity index (χ4n) is 3.24. The summed E-state index contributed by atoms with van der Waals surface area (Å²) in [5, 5.41) is 3.64. The Kier molecular flexibility index (Phi) is 5.22. The second-order valence-electron chi connectivity index (χ2n) is 6.37. The molecule has 2 fully saturated rings. The predicted molar refractivity (Wildman–Crippen MR) is 78.4 cm³/mol. The average Bonchev–Trinajstić information content (AvgIpc) is 2.79. The smallest absolute Gasteiger partial charge is 0.0363 e. The first-order valence-electron chi connectivity index (χ1n) is 7.40. The topological polar surface area (TPSA) is 32.3 Å². The van der Waals surface area contributed by atoms with Crippen molar-refractivity contribution in [2.45, 2.75) is 45.6 Å². The van der Waals surface area contributed by atoms with Crippen molar-refractivity contribution in [1.82, 2.24) is 10.2 Å². The third kappa shape index (κ3) is 4.04. The van der Waals surface area contributed by atoms with Crippen LogP contribution in [0.3, 0.4) is 0 Å². The molecule has 0 amide bonds. The van der Waals surface area contributed by atoms with Gasteiger partial charge in [-0.1, -0.05) is 26.7 Å². The second-order valence-corrected chi connectivity index (χ2v) is 8.06. The first kappa shape index (κ1) is 14.5. The first-order valence-corrected chi connectivity index (χ1v) is 8.89. The lowest BCUT2D eigenvalue weighted by molar-refractivity contribution is 0.155. The van der Waals surface area contributed by atoms with Crippen LogP contribution in [0.5, 0.6) is 0 Å². The summed E-state index contributed by atoms with van der Waals surface area (Å²) in [6, 6.07) is 0.580. The lowest BCUT2D eigenvalue weighted by Gasteiger charge is -2.37. The van der Waals surface area contributed by atoms with Gasteiger partial charge in [-0.05, 0) is 18.3 Å².